The zero-order valence-corrected chi connectivity index (χ0v) is 14.1. The van der Waals surface area contributed by atoms with Gasteiger partial charge in [0.05, 0.1) is 5.69 Å². The molecule has 0 unspecified atom stereocenters. The van der Waals surface area contributed by atoms with Crippen molar-refractivity contribution in [3.63, 3.8) is 0 Å². The van der Waals surface area contributed by atoms with Crippen molar-refractivity contribution in [1.29, 1.82) is 0 Å². The molecule has 0 amide bonds. The average Bonchev–Trinajstić information content (AvgIpc) is 2.79. The van der Waals surface area contributed by atoms with E-state index in [4.69, 9.17) is 11.6 Å². The van der Waals surface area contributed by atoms with E-state index in [-0.39, 0.29) is 8.68 Å². The van der Waals surface area contributed by atoms with Gasteiger partial charge in [0.25, 0.3) is 10.0 Å². The van der Waals surface area contributed by atoms with Gasteiger partial charge in [-0.1, -0.05) is 41.1 Å². The van der Waals surface area contributed by atoms with Crippen LogP contribution in [0.25, 0.3) is 0 Å². The molecule has 8 heteroatoms. The summed E-state index contributed by atoms with van der Waals surface area (Å²) in [6.07, 6.45) is 0. The fourth-order valence-corrected chi connectivity index (χ4v) is 4.63. The topological polar surface area (TPSA) is 62.3 Å². The molecule has 2 aromatic rings. The number of nitrogens with one attached hydrogen (secondary N) is 1. The van der Waals surface area contributed by atoms with Crippen LogP contribution in [0, 0.1) is 6.92 Å². The third kappa shape index (κ3) is 4.16. The number of sulfonamides is 1. The van der Waals surface area contributed by atoms with Gasteiger partial charge in [0.1, 0.15) is 0 Å². The zero-order chi connectivity index (χ0) is 15.5. The lowest BCUT2D eigenvalue weighted by Gasteiger charge is -2.19. The molecule has 0 aliphatic heterocycles. The molecular weight excluding hydrogens is 330 g/mol. The average molecular weight is 346 g/mol. The Balaban J connectivity index is 1.95. The van der Waals surface area contributed by atoms with Crippen LogP contribution in [0.15, 0.2) is 34.5 Å². The van der Waals surface area contributed by atoms with Crippen molar-refractivity contribution < 1.29 is 8.42 Å². The third-order valence-electron chi connectivity index (χ3n) is 2.91. The predicted molar refractivity (Wildman–Crippen MR) is 86.8 cm³/mol. The van der Waals surface area contributed by atoms with E-state index in [0.717, 1.165) is 17.0 Å². The Labute approximate surface area is 133 Å². The maximum Gasteiger partial charge on any atom is 0.252 e. The Kier molecular flexibility index (Phi) is 5.21. The van der Waals surface area contributed by atoms with E-state index < -0.39 is 10.0 Å². The first-order chi connectivity index (χ1) is 9.90. The minimum absolute atomic E-state index is 0.176. The molecular formula is C13H16ClN3O2S2. The van der Waals surface area contributed by atoms with Gasteiger partial charge in [-0.3, -0.25) is 0 Å². The summed E-state index contributed by atoms with van der Waals surface area (Å²) in [7, 11) is -1.64. The number of aryl methyl sites for hydroxylation is 1. The van der Waals surface area contributed by atoms with Gasteiger partial charge in [-0.2, -0.15) is 0 Å². The van der Waals surface area contributed by atoms with Crippen molar-refractivity contribution in [3.05, 3.63) is 40.5 Å². The van der Waals surface area contributed by atoms with E-state index in [1.807, 2.05) is 42.3 Å². The van der Waals surface area contributed by atoms with Gasteiger partial charge in [-0.25, -0.2) is 18.1 Å². The number of nitrogens with zero attached hydrogens (tertiary/aromatic N) is 2. The highest BCUT2D eigenvalue weighted by atomic mass is 35.5. The molecule has 1 heterocycles. The number of likely N-dealkylation sites (N-methyl/N-ethyl adjacent to an activating group) is 1. The molecule has 1 aromatic heterocycles. The van der Waals surface area contributed by atoms with Crippen molar-refractivity contribution in [2.75, 3.05) is 25.0 Å². The van der Waals surface area contributed by atoms with Gasteiger partial charge in [0, 0.05) is 25.8 Å². The molecule has 0 saturated carbocycles. The lowest BCUT2D eigenvalue weighted by molar-refractivity contribution is 0.583. The van der Waals surface area contributed by atoms with E-state index in [2.05, 4.69) is 9.71 Å². The predicted octanol–water partition coefficient (Wildman–Crippen LogP) is 2.52. The minimum Gasteiger partial charge on any atom is -0.373 e. The van der Waals surface area contributed by atoms with Crippen LogP contribution in [0.3, 0.4) is 0 Å². The van der Waals surface area contributed by atoms with Crippen LogP contribution in [-0.4, -0.2) is 33.5 Å². The summed E-state index contributed by atoms with van der Waals surface area (Å²) in [6.45, 7) is 2.50. The molecule has 1 N–H and O–H groups in total. The number of halogens is 1. The summed E-state index contributed by atoms with van der Waals surface area (Å²) in [5, 5.41) is 0. The monoisotopic (exact) mass is 345 g/mol. The molecule has 1 aromatic carbocycles. The van der Waals surface area contributed by atoms with E-state index in [1.165, 1.54) is 0 Å². The molecule has 0 bridgehead atoms. The number of hydrogen-bond donors (Lipinski definition) is 1. The van der Waals surface area contributed by atoms with Crippen LogP contribution in [-0.2, 0) is 10.0 Å². The number of rotatable bonds is 6. The fraction of sp³-hybridized carbons (Fsp3) is 0.308. The highest BCUT2D eigenvalue weighted by Crippen LogP contribution is 2.26. The lowest BCUT2D eigenvalue weighted by Crippen LogP contribution is -2.32. The Morgan fingerprint density at radius 3 is 2.57 bits per heavy atom. The van der Waals surface area contributed by atoms with Crippen LogP contribution >= 0.6 is 22.9 Å². The molecule has 0 spiro atoms. The number of benzene rings is 1. The van der Waals surface area contributed by atoms with Gasteiger partial charge in [0.2, 0.25) is 0 Å². The maximum absolute atomic E-state index is 12.2. The summed E-state index contributed by atoms with van der Waals surface area (Å²) in [6, 6.07) is 9.77. The zero-order valence-electron chi connectivity index (χ0n) is 11.7. The second kappa shape index (κ2) is 6.74. The maximum atomic E-state index is 12.2. The van der Waals surface area contributed by atoms with Crippen molar-refractivity contribution >= 4 is 38.6 Å². The van der Waals surface area contributed by atoms with Crippen LogP contribution < -0.4 is 9.62 Å². The summed E-state index contributed by atoms with van der Waals surface area (Å²) in [5.41, 5.74) is 1.46. The molecule has 0 atom stereocenters. The molecule has 0 aliphatic carbocycles. The number of aromatic nitrogens is 1. The number of thiazole rings is 1. The van der Waals surface area contributed by atoms with Crippen molar-refractivity contribution in [2.45, 2.75) is 11.1 Å². The summed E-state index contributed by atoms with van der Waals surface area (Å²) in [4.78, 5) is 5.90. The van der Waals surface area contributed by atoms with Gasteiger partial charge < -0.3 is 4.90 Å². The van der Waals surface area contributed by atoms with Gasteiger partial charge >= 0.3 is 0 Å². The molecule has 21 heavy (non-hydrogen) atoms. The fourth-order valence-electron chi connectivity index (χ4n) is 1.82. The number of para-hydroxylation sites is 1. The largest absolute Gasteiger partial charge is 0.373 e. The van der Waals surface area contributed by atoms with Crippen molar-refractivity contribution in [3.8, 4) is 0 Å². The molecule has 5 nitrogen and oxygen atoms in total. The Bertz CT molecular complexity index is 701. The van der Waals surface area contributed by atoms with Crippen LogP contribution in [0.5, 0.6) is 0 Å². The van der Waals surface area contributed by atoms with Gasteiger partial charge in [-0.05, 0) is 19.1 Å². The molecule has 0 aliphatic rings. The van der Waals surface area contributed by atoms with Crippen LogP contribution in [0.4, 0.5) is 5.69 Å². The van der Waals surface area contributed by atoms with Crippen molar-refractivity contribution in [2.24, 2.45) is 0 Å². The van der Waals surface area contributed by atoms with Gasteiger partial charge in [0.15, 0.2) is 8.68 Å². The first-order valence-electron chi connectivity index (χ1n) is 6.29. The number of anilines is 1. The first-order valence-corrected chi connectivity index (χ1v) is 8.96. The summed E-state index contributed by atoms with van der Waals surface area (Å²) < 4.78 is 27.3. The van der Waals surface area contributed by atoms with Gasteiger partial charge in [-0.15, -0.1) is 0 Å². The quantitative estimate of drug-likeness (QED) is 0.873. The van der Waals surface area contributed by atoms with E-state index in [1.54, 1.807) is 6.92 Å². The highest BCUT2D eigenvalue weighted by Gasteiger charge is 2.20. The Hall–Kier alpha value is -1.15. The van der Waals surface area contributed by atoms with Crippen LogP contribution in [0.1, 0.15) is 5.69 Å². The molecule has 0 radical (unpaired) electrons. The first kappa shape index (κ1) is 16.2. The molecule has 0 fully saturated rings. The van der Waals surface area contributed by atoms with E-state index in [0.29, 0.717) is 18.8 Å². The van der Waals surface area contributed by atoms with E-state index in [9.17, 15) is 8.42 Å². The minimum atomic E-state index is -3.55. The second-order valence-corrected chi connectivity index (χ2v) is 8.04. The summed E-state index contributed by atoms with van der Waals surface area (Å²) in [5.74, 6) is 0. The normalized spacial score (nSPS) is 11.6. The Morgan fingerprint density at radius 2 is 2.00 bits per heavy atom. The highest BCUT2D eigenvalue weighted by molar-refractivity contribution is 7.91. The standard InChI is InChI=1S/C13H16ClN3O2S2/c1-10-12(20-13(14)16-10)21(18,19)15-8-9-17(2)11-6-4-3-5-7-11/h3-7,15H,8-9H2,1-2H3. The van der Waals surface area contributed by atoms with Crippen LogP contribution in [0.2, 0.25) is 4.47 Å². The van der Waals surface area contributed by atoms with E-state index >= 15 is 0 Å². The third-order valence-corrected chi connectivity index (χ3v) is 6.24. The SMILES string of the molecule is Cc1nc(Cl)sc1S(=O)(=O)NCCN(C)c1ccccc1. The summed E-state index contributed by atoms with van der Waals surface area (Å²) >= 11 is 6.71. The smallest absolute Gasteiger partial charge is 0.252 e. The molecule has 114 valence electrons. The molecule has 2 rings (SSSR count). The second-order valence-electron chi connectivity index (χ2n) is 4.49. The molecule has 0 saturated heterocycles. The van der Waals surface area contributed by atoms with Crippen molar-refractivity contribution in [1.82, 2.24) is 9.71 Å². The lowest BCUT2D eigenvalue weighted by atomic mass is 10.3. The number of hydrogen-bond acceptors (Lipinski definition) is 5. The Morgan fingerprint density at radius 1 is 1.33 bits per heavy atom.